The van der Waals surface area contributed by atoms with Crippen LogP contribution in [0.1, 0.15) is 62.8 Å². The van der Waals surface area contributed by atoms with E-state index in [2.05, 4.69) is 47.8 Å². The fourth-order valence-electron chi connectivity index (χ4n) is 3.82. The lowest BCUT2D eigenvalue weighted by atomic mass is 9.91. The molecule has 0 bridgehead atoms. The Morgan fingerprint density at radius 2 is 1.69 bits per heavy atom. The van der Waals surface area contributed by atoms with Crippen LogP contribution in [0.4, 0.5) is 18.9 Å². The van der Waals surface area contributed by atoms with Gasteiger partial charge in [0.1, 0.15) is 5.71 Å². The maximum Gasteiger partial charge on any atom is 0.431 e. The molecule has 0 radical (unpaired) electrons. The molecule has 0 saturated carbocycles. The summed E-state index contributed by atoms with van der Waals surface area (Å²) in [6.07, 6.45) is -2.87. The zero-order valence-corrected chi connectivity index (χ0v) is 20.5. The molecule has 186 valence electrons. The predicted molar refractivity (Wildman–Crippen MR) is 140 cm³/mol. The lowest BCUT2D eigenvalue weighted by Gasteiger charge is -2.26. The number of anilines is 1. The van der Waals surface area contributed by atoms with E-state index in [0.29, 0.717) is 17.2 Å². The van der Waals surface area contributed by atoms with Gasteiger partial charge >= 0.3 is 6.18 Å². The highest BCUT2D eigenvalue weighted by Gasteiger charge is 2.38. The standard InChI is InChI=1S/C28H33F3N4/c1-6-19(4)27(33-24-13-11-21(12-14-24)20(5)32-16-15-18(2)3)23-9-7-22(8-10-23)25-17-26(35-34-25)28(29,30)31/h7-14,19,27,32-33H,2,5-6,15-17H2,1,3-4H3. The Bertz CT molecular complexity index is 1100. The molecule has 1 aliphatic heterocycles. The largest absolute Gasteiger partial charge is 0.431 e. The second-order valence-electron chi connectivity index (χ2n) is 9.09. The van der Waals surface area contributed by atoms with E-state index in [4.69, 9.17) is 0 Å². The molecule has 0 aromatic heterocycles. The first-order valence-electron chi connectivity index (χ1n) is 11.8. The highest BCUT2D eigenvalue weighted by atomic mass is 19.4. The minimum Gasteiger partial charge on any atom is -0.385 e. The Morgan fingerprint density at radius 1 is 1.03 bits per heavy atom. The number of alkyl halides is 3. The summed E-state index contributed by atoms with van der Waals surface area (Å²) in [6.45, 7) is 15.2. The van der Waals surface area contributed by atoms with Gasteiger partial charge in [0.25, 0.3) is 0 Å². The summed E-state index contributed by atoms with van der Waals surface area (Å²) < 4.78 is 38.7. The molecule has 35 heavy (non-hydrogen) atoms. The molecule has 1 aliphatic rings. The molecule has 2 aromatic rings. The van der Waals surface area contributed by atoms with Crippen molar-refractivity contribution in [1.82, 2.24) is 5.32 Å². The number of hydrogen-bond acceptors (Lipinski definition) is 4. The molecule has 2 unspecified atom stereocenters. The van der Waals surface area contributed by atoms with Crippen LogP contribution in [0.15, 0.2) is 77.5 Å². The first-order valence-corrected chi connectivity index (χ1v) is 11.8. The Kier molecular flexibility index (Phi) is 8.54. The number of benzene rings is 2. The molecule has 0 amide bonds. The first-order chi connectivity index (χ1) is 16.6. The quantitative estimate of drug-likeness (QED) is 0.325. The molecule has 7 heteroatoms. The molecular weight excluding hydrogens is 449 g/mol. The summed E-state index contributed by atoms with van der Waals surface area (Å²) in [5.74, 6) is 0.336. The maximum atomic E-state index is 12.9. The van der Waals surface area contributed by atoms with Crippen LogP contribution in [0.5, 0.6) is 0 Å². The Morgan fingerprint density at radius 3 is 2.23 bits per heavy atom. The summed E-state index contributed by atoms with van der Waals surface area (Å²) in [4.78, 5) is 0. The fraction of sp³-hybridized carbons (Fsp3) is 0.357. The van der Waals surface area contributed by atoms with Crippen molar-refractivity contribution in [3.05, 3.63) is 84.0 Å². The molecular formula is C28H33F3N4. The number of nitrogens with one attached hydrogen (secondary N) is 2. The van der Waals surface area contributed by atoms with Gasteiger partial charge in [-0.3, -0.25) is 0 Å². The van der Waals surface area contributed by atoms with E-state index >= 15 is 0 Å². The van der Waals surface area contributed by atoms with Crippen molar-refractivity contribution in [3.8, 4) is 0 Å². The van der Waals surface area contributed by atoms with Crippen LogP contribution in [0.3, 0.4) is 0 Å². The minimum atomic E-state index is -4.45. The molecule has 2 N–H and O–H groups in total. The third-order valence-electron chi connectivity index (χ3n) is 6.22. The van der Waals surface area contributed by atoms with Crippen molar-refractivity contribution in [3.63, 3.8) is 0 Å². The van der Waals surface area contributed by atoms with E-state index in [1.807, 2.05) is 55.5 Å². The van der Waals surface area contributed by atoms with Crippen molar-refractivity contribution < 1.29 is 13.2 Å². The van der Waals surface area contributed by atoms with Gasteiger partial charge in [-0.1, -0.05) is 68.8 Å². The number of rotatable bonds is 11. The molecule has 0 saturated heterocycles. The van der Waals surface area contributed by atoms with E-state index in [-0.39, 0.29) is 12.5 Å². The van der Waals surface area contributed by atoms with Crippen molar-refractivity contribution in [2.75, 3.05) is 11.9 Å². The highest BCUT2D eigenvalue weighted by Crippen LogP contribution is 2.30. The van der Waals surface area contributed by atoms with E-state index in [1.54, 1.807) is 0 Å². The third kappa shape index (κ3) is 7.07. The van der Waals surface area contributed by atoms with Crippen LogP contribution in [0.2, 0.25) is 0 Å². The van der Waals surface area contributed by atoms with Gasteiger partial charge in [0, 0.05) is 24.4 Å². The Balaban J connectivity index is 1.68. The summed E-state index contributed by atoms with van der Waals surface area (Å²) in [6, 6.07) is 15.7. The molecule has 2 aromatic carbocycles. The van der Waals surface area contributed by atoms with Gasteiger partial charge < -0.3 is 10.6 Å². The van der Waals surface area contributed by atoms with Gasteiger partial charge in [0.15, 0.2) is 0 Å². The zero-order chi connectivity index (χ0) is 25.6. The lowest BCUT2D eigenvalue weighted by molar-refractivity contribution is -0.0596. The topological polar surface area (TPSA) is 48.8 Å². The lowest BCUT2D eigenvalue weighted by Crippen LogP contribution is -2.23. The van der Waals surface area contributed by atoms with Gasteiger partial charge in [0.2, 0.25) is 0 Å². The smallest absolute Gasteiger partial charge is 0.385 e. The SMILES string of the molecule is C=C(C)CCNC(=C)c1ccc(NC(c2ccc(C3=NN=C(C(F)(F)F)C3)cc2)C(C)CC)cc1. The molecule has 3 rings (SSSR count). The summed E-state index contributed by atoms with van der Waals surface area (Å²) in [7, 11) is 0. The second kappa shape index (κ2) is 11.4. The molecule has 0 aliphatic carbocycles. The van der Waals surface area contributed by atoms with Crippen LogP contribution in [-0.4, -0.2) is 24.1 Å². The fourth-order valence-corrected chi connectivity index (χ4v) is 3.82. The van der Waals surface area contributed by atoms with E-state index < -0.39 is 11.9 Å². The number of halogens is 3. The van der Waals surface area contributed by atoms with Crippen LogP contribution in [-0.2, 0) is 0 Å². The number of hydrogen-bond donors (Lipinski definition) is 2. The van der Waals surface area contributed by atoms with E-state index in [9.17, 15) is 13.2 Å². The Hall–Kier alpha value is -3.35. The third-order valence-corrected chi connectivity index (χ3v) is 6.22. The summed E-state index contributed by atoms with van der Waals surface area (Å²) in [5.41, 5.74) is 5.22. The van der Waals surface area contributed by atoms with Crippen LogP contribution in [0, 0.1) is 5.92 Å². The first kappa shape index (κ1) is 26.3. The number of nitrogens with zero attached hydrogens (tertiary/aromatic N) is 2. The maximum absolute atomic E-state index is 12.9. The van der Waals surface area contributed by atoms with Gasteiger partial charge in [-0.25, -0.2) is 0 Å². The van der Waals surface area contributed by atoms with Gasteiger partial charge in [0.05, 0.1) is 11.8 Å². The predicted octanol–water partition coefficient (Wildman–Crippen LogP) is 7.52. The monoisotopic (exact) mass is 482 g/mol. The summed E-state index contributed by atoms with van der Waals surface area (Å²) in [5, 5.41) is 14.0. The summed E-state index contributed by atoms with van der Waals surface area (Å²) >= 11 is 0. The van der Waals surface area contributed by atoms with Gasteiger partial charge in [-0.15, -0.1) is 11.7 Å². The molecule has 4 nitrogen and oxygen atoms in total. The minimum absolute atomic E-state index is 0.0456. The van der Waals surface area contributed by atoms with E-state index in [0.717, 1.165) is 47.5 Å². The molecule has 0 fully saturated rings. The molecule has 1 heterocycles. The average Bonchev–Trinajstić information content (AvgIpc) is 3.33. The van der Waals surface area contributed by atoms with Crippen molar-refractivity contribution in [1.29, 1.82) is 0 Å². The van der Waals surface area contributed by atoms with Gasteiger partial charge in [-0.05, 0) is 48.1 Å². The van der Waals surface area contributed by atoms with E-state index in [1.165, 1.54) is 0 Å². The Labute approximate surface area is 205 Å². The van der Waals surface area contributed by atoms with Crippen molar-refractivity contribution in [2.45, 2.75) is 52.3 Å². The average molecular weight is 483 g/mol. The second-order valence-corrected chi connectivity index (χ2v) is 9.09. The highest BCUT2D eigenvalue weighted by molar-refractivity contribution is 6.16. The van der Waals surface area contributed by atoms with Crippen LogP contribution >= 0.6 is 0 Å². The molecule has 0 spiro atoms. The normalized spacial score (nSPS) is 15.1. The van der Waals surface area contributed by atoms with Crippen molar-refractivity contribution >= 4 is 22.8 Å². The zero-order valence-electron chi connectivity index (χ0n) is 20.5. The molecule has 2 atom stereocenters. The van der Waals surface area contributed by atoms with Crippen LogP contribution in [0.25, 0.3) is 5.70 Å². The van der Waals surface area contributed by atoms with Crippen molar-refractivity contribution in [2.24, 2.45) is 16.1 Å². The van der Waals surface area contributed by atoms with Gasteiger partial charge in [-0.2, -0.15) is 18.3 Å². The van der Waals surface area contributed by atoms with Crippen LogP contribution < -0.4 is 10.6 Å².